The smallest absolute Gasteiger partial charge is 0.407 e. The molecule has 0 spiro atoms. The van der Waals surface area contributed by atoms with Crippen LogP contribution in [-0.4, -0.2) is 56.2 Å². The van der Waals surface area contributed by atoms with Gasteiger partial charge >= 0.3 is 11.8 Å². The number of nitrogens with one attached hydrogen (secondary N) is 1. The van der Waals surface area contributed by atoms with E-state index in [4.69, 9.17) is 0 Å². The zero-order valence-electron chi connectivity index (χ0n) is 19.6. The number of aromatic nitrogens is 2. The number of likely N-dealkylation sites (tertiary alicyclic amines) is 2. The van der Waals surface area contributed by atoms with E-state index in [0.717, 1.165) is 56.4 Å². The van der Waals surface area contributed by atoms with Crippen LogP contribution >= 0.6 is 0 Å². The van der Waals surface area contributed by atoms with Crippen LogP contribution in [0.25, 0.3) is 11.0 Å². The highest BCUT2D eigenvalue weighted by molar-refractivity contribution is 5.75. The van der Waals surface area contributed by atoms with Gasteiger partial charge in [-0.2, -0.15) is 0 Å². The number of piperidine rings is 2. The van der Waals surface area contributed by atoms with Crippen LogP contribution in [0.2, 0.25) is 0 Å². The van der Waals surface area contributed by atoms with E-state index in [1.807, 2.05) is 28.8 Å². The van der Waals surface area contributed by atoms with Gasteiger partial charge < -0.3 is 15.0 Å². The second-order valence-electron chi connectivity index (χ2n) is 9.91. The molecule has 2 aliphatic rings. The summed E-state index contributed by atoms with van der Waals surface area (Å²) in [5.41, 5.74) is 3.01. The molecule has 3 heterocycles. The van der Waals surface area contributed by atoms with Gasteiger partial charge in [0.1, 0.15) is 0 Å². The van der Waals surface area contributed by atoms with E-state index in [1.54, 1.807) is 4.90 Å². The molecule has 7 heteroatoms. The van der Waals surface area contributed by atoms with Crippen molar-refractivity contribution in [2.24, 2.45) is 5.92 Å². The lowest BCUT2D eigenvalue weighted by atomic mass is 9.87. The molecule has 7 nitrogen and oxygen atoms in total. The zero-order chi connectivity index (χ0) is 23.5. The monoisotopic (exact) mass is 462 g/mol. The van der Waals surface area contributed by atoms with Gasteiger partial charge in [-0.15, -0.1) is 0 Å². The maximum Gasteiger partial charge on any atom is 0.407 e. The normalized spacial score (nSPS) is 22.3. The fourth-order valence-corrected chi connectivity index (χ4v) is 5.93. The molecular formula is C27H34N4O3. The Bertz CT molecular complexity index is 1160. The molecule has 2 fully saturated rings. The summed E-state index contributed by atoms with van der Waals surface area (Å²) in [5, 5.41) is 9.81. The van der Waals surface area contributed by atoms with E-state index in [2.05, 4.69) is 40.2 Å². The summed E-state index contributed by atoms with van der Waals surface area (Å²) in [7, 11) is 0. The number of carbonyl (C=O) groups is 1. The van der Waals surface area contributed by atoms with Gasteiger partial charge in [-0.25, -0.2) is 9.59 Å². The Labute approximate surface area is 200 Å². The molecule has 0 saturated carbocycles. The Hall–Kier alpha value is -3.06. The van der Waals surface area contributed by atoms with E-state index in [0.29, 0.717) is 25.3 Å². The van der Waals surface area contributed by atoms with E-state index in [9.17, 15) is 14.7 Å². The first-order valence-corrected chi connectivity index (χ1v) is 12.5. The van der Waals surface area contributed by atoms with E-state index < -0.39 is 6.09 Å². The van der Waals surface area contributed by atoms with Crippen molar-refractivity contribution < 1.29 is 9.90 Å². The molecule has 0 aliphatic carbocycles. The molecule has 2 aliphatic heterocycles. The molecular weight excluding hydrogens is 428 g/mol. The second kappa shape index (κ2) is 10.1. The van der Waals surface area contributed by atoms with Crippen LogP contribution < -0.4 is 5.69 Å². The minimum atomic E-state index is -0.840. The van der Waals surface area contributed by atoms with E-state index >= 15 is 0 Å². The van der Waals surface area contributed by atoms with Gasteiger partial charge in [-0.3, -0.25) is 9.47 Å². The molecule has 0 radical (unpaired) electrons. The number of para-hydroxylation sites is 2. The zero-order valence-corrected chi connectivity index (χ0v) is 19.6. The fraction of sp³-hybridized carbons (Fsp3) is 0.481. The predicted octanol–water partition coefficient (Wildman–Crippen LogP) is 4.71. The summed E-state index contributed by atoms with van der Waals surface area (Å²) in [4.78, 5) is 31.7. The first-order valence-electron chi connectivity index (χ1n) is 12.5. The Morgan fingerprint density at radius 2 is 1.68 bits per heavy atom. The van der Waals surface area contributed by atoms with E-state index in [-0.39, 0.29) is 17.8 Å². The minimum Gasteiger partial charge on any atom is -0.465 e. The maximum absolute atomic E-state index is 12.7. The van der Waals surface area contributed by atoms with Gasteiger partial charge in [-0.1, -0.05) is 42.5 Å². The molecule has 0 bridgehead atoms. The number of imidazole rings is 1. The molecule has 2 unspecified atom stereocenters. The summed E-state index contributed by atoms with van der Waals surface area (Å²) >= 11 is 0. The number of rotatable bonds is 6. The molecule has 2 saturated heterocycles. The third-order valence-corrected chi connectivity index (χ3v) is 7.79. The molecule has 2 atom stereocenters. The van der Waals surface area contributed by atoms with Crippen LogP contribution in [0.5, 0.6) is 0 Å². The highest BCUT2D eigenvalue weighted by Crippen LogP contribution is 2.33. The van der Waals surface area contributed by atoms with Gasteiger partial charge in [0, 0.05) is 25.2 Å². The number of H-pyrrole nitrogens is 1. The van der Waals surface area contributed by atoms with Crippen molar-refractivity contribution in [2.75, 3.05) is 19.6 Å². The number of hydrogen-bond donors (Lipinski definition) is 2. The summed E-state index contributed by atoms with van der Waals surface area (Å²) in [6.45, 7) is 3.68. The lowest BCUT2D eigenvalue weighted by Gasteiger charge is -2.39. The Kier molecular flexibility index (Phi) is 6.72. The highest BCUT2D eigenvalue weighted by Gasteiger charge is 2.34. The predicted molar refractivity (Wildman–Crippen MR) is 133 cm³/mol. The van der Waals surface area contributed by atoms with Crippen molar-refractivity contribution in [1.29, 1.82) is 0 Å². The summed E-state index contributed by atoms with van der Waals surface area (Å²) in [5.74, 6) is 0.638. The van der Waals surface area contributed by atoms with Crippen LogP contribution in [0, 0.1) is 5.92 Å². The van der Waals surface area contributed by atoms with Gasteiger partial charge in [0.05, 0.1) is 11.0 Å². The highest BCUT2D eigenvalue weighted by atomic mass is 16.4. The molecule has 2 aromatic carbocycles. The topological polar surface area (TPSA) is 81.6 Å². The fourth-order valence-electron chi connectivity index (χ4n) is 5.93. The average molecular weight is 463 g/mol. The number of fused-ring (bicyclic) bond motifs is 1. The second-order valence-corrected chi connectivity index (χ2v) is 9.91. The quantitative estimate of drug-likeness (QED) is 0.556. The minimum absolute atomic E-state index is 0.0250. The van der Waals surface area contributed by atoms with Crippen molar-refractivity contribution in [3.63, 3.8) is 0 Å². The standard InChI is InChI=1S/C27H34N4O3/c32-26-28-24-8-4-5-9-25(24)31(26)23-14-17-30(27(33)34)22(18-23)11-10-20-12-15-29(16-13-20)19-21-6-2-1-3-7-21/h1-9,20,22-23H,10-19H2,(H,28,32)(H,33,34). The lowest BCUT2D eigenvalue weighted by Crippen LogP contribution is -2.47. The molecule has 180 valence electrons. The number of hydrogen-bond acceptors (Lipinski definition) is 3. The van der Waals surface area contributed by atoms with Crippen LogP contribution in [0.15, 0.2) is 59.4 Å². The summed E-state index contributed by atoms with van der Waals surface area (Å²) in [6.07, 6.45) is 4.76. The van der Waals surface area contributed by atoms with E-state index in [1.165, 1.54) is 5.56 Å². The molecule has 5 rings (SSSR count). The van der Waals surface area contributed by atoms with Gasteiger partial charge in [-0.05, 0) is 75.2 Å². The summed E-state index contributed by atoms with van der Waals surface area (Å²) < 4.78 is 1.85. The van der Waals surface area contributed by atoms with Crippen LogP contribution in [0.1, 0.15) is 50.1 Å². The van der Waals surface area contributed by atoms with Crippen molar-refractivity contribution in [2.45, 2.75) is 57.2 Å². The molecule has 3 aromatic rings. The van der Waals surface area contributed by atoms with Crippen molar-refractivity contribution in [3.05, 3.63) is 70.6 Å². The maximum atomic E-state index is 12.7. The average Bonchev–Trinajstić information content (AvgIpc) is 3.19. The first-order chi connectivity index (χ1) is 16.6. The van der Waals surface area contributed by atoms with Gasteiger partial charge in [0.2, 0.25) is 0 Å². The van der Waals surface area contributed by atoms with Crippen LogP contribution in [0.3, 0.4) is 0 Å². The molecule has 1 aromatic heterocycles. The molecule has 1 amide bonds. The number of carboxylic acid groups (broad SMARTS) is 1. The van der Waals surface area contributed by atoms with Crippen molar-refractivity contribution in [3.8, 4) is 0 Å². The summed E-state index contributed by atoms with van der Waals surface area (Å²) in [6, 6.07) is 18.4. The largest absolute Gasteiger partial charge is 0.465 e. The Morgan fingerprint density at radius 3 is 2.44 bits per heavy atom. The lowest BCUT2D eigenvalue weighted by molar-refractivity contribution is 0.0819. The van der Waals surface area contributed by atoms with Crippen molar-refractivity contribution in [1.82, 2.24) is 19.4 Å². The molecule has 34 heavy (non-hydrogen) atoms. The molecule has 2 N–H and O–H groups in total. The number of amides is 1. The first kappa shape index (κ1) is 22.7. The number of aromatic amines is 1. The third kappa shape index (κ3) is 4.89. The Balaban J connectivity index is 1.20. The van der Waals surface area contributed by atoms with Gasteiger partial charge in [0.25, 0.3) is 0 Å². The van der Waals surface area contributed by atoms with Gasteiger partial charge in [0.15, 0.2) is 0 Å². The number of nitrogens with zero attached hydrogens (tertiary/aromatic N) is 3. The number of benzene rings is 2. The third-order valence-electron chi connectivity index (χ3n) is 7.79. The van der Waals surface area contributed by atoms with Crippen molar-refractivity contribution >= 4 is 17.1 Å². The Morgan fingerprint density at radius 1 is 0.941 bits per heavy atom. The van der Waals surface area contributed by atoms with Crippen LogP contribution in [-0.2, 0) is 6.54 Å². The SMILES string of the molecule is O=C(O)N1CCC(n2c(=O)[nH]c3ccccc32)CC1CCC1CCN(Cc2ccccc2)CC1. The van der Waals surface area contributed by atoms with Crippen LogP contribution in [0.4, 0.5) is 4.79 Å².